The highest BCUT2D eigenvalue weighted by atomic mass is 19.1. The zero-order valence-corrected chi connectivity index (χ0v) is 18.0. The molecule has 1 aliphatic rings. The predicted octanol–water partition coefficient (Wildman–Crippen LogP) is 2.49. The van der Waals surface area contributed by atoms with Gasteiger partial charge in [0, 0.05) is 12.1 Å². The summed E-state index contributed by atoms with van der Waals surface area (Å²) in [6.45, 7) is 8.14. The summed E-state index contributed by atoms with van der Waals surface area (Å²) in [7, 11) is 0. The number of aryl methyl sites for hydroxylation is 1. The van der Waals surface area contributed by atoms with Crippen molar-refractivity contribution in [2.75, 3.05) is 31.1 Å². The van der Waals surface area contributed by atoms with Crippen molar-refractivity contribution in [2.45, 2.75) is 32.9 Å². The van der Waals surface area contributed by atoms with Gasteiger partial charge in [-0.05, 0) is 59.2 Å². The largest absolute Gasteiger partial charge is 0.358 e. The van der Waals surface area contributed by atoms with E-state index in [0.29, 0.717) is 11.6 Å². The molecule has 1 fully saturated rings. The molecule has 1 N–H and O–H groups in total. The average molecular weight is 428 g/mol. The van der Waals surface area contributed by atoms with Crippen LogP contribution in [0.15, 0.2) is 48.5 Å². The second-order valence-corrected chi connectivity index (χ2v) is 8.52. The Kier molecular flexibility index (Phi) is 6.56. The van der Waals surface area contributed by atoms with Gasteiger partial charge >= 0.3 is 0 Å². The number of para-hydroxylation sites is 1. The molecule has 0 unspecified atom stereocenters. The van der Waals surface area contributed by atoms with Crippen LogP contribution < -0.4 is 9.80 Å². The van der Waals surface area contributed by atoms with Crippen LogP contribution in [0.5, 0.6) is 0 Å². The van der Waals surface area contributed by atoms with Crippen LogP contribution in [0.1, 0.15) is 37.7 Å². The van der Waals surface area contributed by atoms with E-state index < -0.39 is 0 Å². The highest BCUT2D eigenvalue weighted by Gasteiger charge is 2.34. The Morgan fingerprint density at radius 3 is 2.39 bits per heavy atom. The first-order chi connectivity index (χ1) is 15.0. The van der Waals surface area contributed by atoms with E-state index in [-0.39, 0.29) is 17.7 Å². The summed E-state index contributed by atoms with van der Waals surface area (Å²) in [5, 5.41) is 12.6. The molecule has 1 aromatic heterocycles. The third-order valence-electron chi connectivity index (χ3n) is 5.95. The molecule has 31 heavy (non-hydrogen) atoms. The molecular formula is C23H29F2N6+. The monoisotopic (exact) mass is 427 g/mol. The van der Waals surface area contributed by atoms with E-state index in [9.17, 15) is 8.78 Å². The van der Waals surface area contributed by atoms with Crippen molar-refractivity contribution in [1.82, 2.24) is 20.2 Å². The lowest BCUT2D eigenvalue weighted by Gasteiger charge is -2.37. The van der Waals surface area contributed by atoms with Gasteiger partial charge in [-0.1, -0.05) is 26.0 Å². The summed E-state index contributed by atoms with van der Waals surface area (Å²) in [5.74, 6) is 0.875. The Hall–Kier alpha value is -2.87. The lowest BCUT2D eigenvalue weighted by molar-refractivity contribution is -0.927. The predicted molar refractivity (Wildman–Crippen MR) is 115 cm³/mol. The number of hydrogen-bond donors (Lipinski definition) is 1. The number of nitrogens with one attached hydrogen (secondary N) is 1. The van der Waals surface area contributed by atoms with Crippen LogP contribution in [-0.4, -0.2) is 46.4 Å². The number of rotatable bonds is 7. The normalized spacial score (nSPS) is 16.1. The van der Waals surface area contributed by atoms with Crippen molar-refractivity contribution in [1.29, 1.82) is 0 Å². The van der Waals surface area contributed by atoms with Gasteiger partial charge in [-0.25, -0.2) is 13.5 Å². The van der Waals surface area contributed by atoms with Crippen LogP contribution in [0.3, 0.4) is 0 Å². The fourth-order valence-corrected chi connectivity index (χ4v) is 4.21. The Morgan fingerprint density at radius 1 is 1.00 bits per heavy atom. The Labute approximate surface area is 181 Å². The van der Waals surface area contributed by atoms with E-state index in [1.54, 1.807) is 6.07 Å². The molecule has 6 nitrogen and oxygen atoms in total. The van der Waals surface area contributed by atoms with Gasteiger partial charge in [0.25, 0.3) is 0 Å². The number of quaternary nitrogens is 1. The molecule has 0 saturated carbocycles. The van der Waals surface area contributed by atoms with Crippen LogP contribution in [0, 0.1) is 17.6 Å². The van der Waals surface area contributed by atoms with E-state index in [0.717, 1.165) is 50.5 Å². The van der Waals surface area contributed by atoms with Gasteiger partial charge in [0.1, 0.15) is 11.6 Å². The minimum absolute atomic E-state index is 0.106. The molecule has 0 aliphatic carbocycles. The fourth-order valence-electron chi connectivity index (χ4n) is 4.21. The van der Waals surface area contributed by atoms with Gasteiger partial charge < -0.3 is 9.80 Å². The highest BCUT2D eigenvalue weighted by molar-refractivity contribution is 5.47. The molecule has 3 aromatic rings. The van der Waals surface area contributed by atoms with Crippen molar-refractivity contribution in [3.8, 4) is 0 Å². The smallest absolute Gasteiger partial charge is 0.214 e. The number of halogens is 2. The molecule has 1 saturated heterocycles. The van der Waals surface area contributed by atoms with E-state index in [1.165, 1.54) is 23.1 Å². The number of nitrogens with zero attached hydrogens (tertiary/aromatic N) is 5. The molecule has 1 atom stereocenters. The van der Waals surface area contributed by atoms with Crippen LogP contribution in [0.25, 0.3) is 0 Å². The van der Waals surface area contributed by atoms with Gasteiger partial charge in [0.15, 0.2) is 6.04 Å². The molecule has 164 valence electrons. The summed E-state index contributed by atoms with van der Waals surface area (Å²) >= 11 is 0. The minimum Gasteiger partial charge on any atom is -0.358 e. The molecule has 2 aromatic carbocycles. The maximum absolute atomic E-state index is 14.2. The van der Waals surface area contributed by atoms with Gasteiger partial charge in [0.05, 0.1) is 31.9 Å². The van der Waals surface area contributed by atoms with Gasteiger partial charge in [0.2, 0.25) is 5.82 Å². The van der Waals surface area contributed by atoms with E-state index >= 15 is 0 Å². The zero-order valence-electron chi connectivity index (χ0n) is 18.0. The van der Waals surface area contributed by atoms with Crippen LogP contribution in [0.2, 0.25) is 0 Å². The van der Waals surface area contributed by atoms with Gasteiger partial charge in [-0.15, -0.1) is 5.10 Å². The maximum atomic E-state index is 14.2. The lowest BCUT2D eigenvalue weighted by Crippen LogP contribution is -3.15. The Balaban J connectivity index is 1.59. The molecule has 1 aliphatic heterocycles. The van der Waals surface area contributed by atoms with Crippen molar-refractivity contribution < 1.29 is 13.7 Å². The molecule has 2 heterocycles. The Bertz CT molecular complexity index is 980. The molecule has 0 spiro atoms. The van der Waals surface area contributed by atoms with Gasteiger partial charge in [-0.2, -0.15) is 0 Å². The maximum Gasteiger partial charge on any atom is 0.214 e. The fraction of sp³-hybridized carbons (Fsp3) is 0.435. The molecule has 4 rings (SSSR count). The first-order valence-corrected chi connectivity index (χ1v) is 10.9. The molecule has 0 bridgehead atoms. The number of hydrogen-bond acceptors (Lipinski definition) is 4. The zero-order chi connectivity index (χ0) is 21.8. The van der Waals surface area contributed by atoms with Crippen molar-refractivity contribution >= 4 is 5.69 Å². The third kappa shape index (κ3) is 4.90. The standard InChI is InChI=1S/C23H28F2N6/c1-17(2)11-12-31-23(26-27-28-31)22(18-7-9-19(24)10-8-18)30-15-13-29(14-16-30)21-6-4-3-5-20(21)25/h3-10,17,22H,11-16H2,1-2H3/p+1/t22-/m1/s1. The molecule has 0 radical (unpaired) electrons. The van der Waals surface area contributed by atoms with Crippen molar-refractivity contribution in [2.24, 2.45) is 5.92 Å². The van der Waals surface area contributed by atoms with Gasteiger partial charge in [-0.3, -0.25) is 0 Å². The topological polar surface area (TPSA) is 51.3 Å². The SMILES string of the molecule is CC(C)CCn1nnnc1[C@@H](c1ccc(F)cc1)[NH+]1CCN(c2ccccc2F)CC1. The second-order valence-electron chi connectivity index (χ2n) is 8.52. The summed E-state index contributed by atoms with van der Waals surface area (Å²) in [5.41, 5.74) is 1.62. The van der Waals surface area contributed by atoms with E-state index in [1.807, 2.05) is 28.9 Å². The van der Waals surface area contributed by atoms with Crippen LogP contribution >= 0.6 is 0 Å². The quantitative estimate of drug-likeness (QED) is 0.630. The number of piperazine rings is 1. The van der Waals surface area contributed by atoms with E-state index in [2.05, 4.69) is 34.3 Å². The molecular weight excluding hydrogens is 398 g/mol. The number of benzene rings is 2. The summed E-state index contributed by atoms with van der Waals surface area (Å²) in [4.78, 5) is 3.38. The molecule has 8 heteroatoms. The van der Waals surface area contributed by atoms with Crippen molar-refractivity contribution in [3.63, 3.8) is 0 Å². The number of tetrazole rings is 1. The summed E-state index contributed by atoms with van der Waals surface area (Å²) < 4.78 is 29.7. The lowest BCUT2D eigenvalue weighted by atomic mass is 10.0. The Morgan fingerprint density at radius 2 is 1.71 bits per heavy atom. The number of anilines is 1. The third-order valence-corrected chi connectivity index (χ3v) is 5.95. The minimum atomic E-state index is -0.263. The van der Waals surface area contributed by atoms with E-state index in [4.69, 9.17) is 0 Å². The molecule has 0 amide bonds. The van der Waals surface area contributed by atoms with Crippen molar-refractivity contribution in [3.05, 3.63) is 71.6 Å². The van der Waals surface area contributed by atoms with Crippen LogP contribution in [0.4, 0.5) is 14.5 Å². The summed E-state index contributed by atoms with van der Waals surface area (Å²) in [6.07, 6.45) is 0.977. The van der Waals surface area contributed by atoms with Crippen LogP contribution in [-0.2, 0) is 6.54 Å². The average Bonchev–Trinajstić information content (AvgIpc) is 3.23. The first-order valence-electron chi connectivity index (χ1n) is 10.9. The summed E-state index contributed by atoms with van der Waals surface area (Å²) in [6, 6.07) is 13.4. The second kappa shape index (κ2) is 9.51. The first kappa shape index (κ1) is 21.4. The highest BCUT2D eigenvalue weighted by Crippen LogP contribution is 2.21. The number of aromatic nitrogens is 4.